The third-order valence-electron chi connectivity index (χ3n) is 3.61. The number of nitrogens with zero attached hydrogens (tertiary/aromatic N) is 1. The molecule has 1 N–H and O–H groups in total. The van der Waals surface area contributed by atoms with Crippen molar-refractivity contribution in [2.45, 2.75) is 6.10 Å². The van der Waals surface area contributed by atoms with Crippen LogP contribution in [-0.4, -0.2) is 33.2 Å². The van der Waals surface area contributed by atoms with E-state index >= 15 is 0 Å². The number of hydrogen-bond acceptors (Lipinski definition) is 4. The van der Waals surface area contributed by atoms with E-state index in [2.05, 4.69) is 21.2 Å². The van der Waals surface area contributed by atoms with E-state index in [4.69, 9.17) is 16.3 Å². The predicted molar refractivity (Wildman–Crippen MR) is 101 cm³/mol. The lowest BCUT2D eigenvalue weighted by Crippen LogP contribution is -2.48. The molecule has 0 saturated heterocycles. The SMILES string of the molecule is CS(=O)(=O)N1C[C@@H](C(=O)Nc2ccc(Br)c(Cl)c2)Oc2ccccc21. The van der Waals surface area contributed by atoms with Crippen LogP contribution >= 0.6 is 27.5 Å². The average molecular weight is 446 g/mol. The summed E-state index contributed by atoms with van der Waals surface area (Å²) in [6, 6.07) is 11.7. The Labute approximate surface area is 158 Å². The Morgan fingerprint density at radius 3 is 2.72 bits per heavy atom. The molecule has 1 amide bonds. The summed E-state index contributed by atoms with van der Waals surface area (Å²) in [5, 5.41) is 3.14. The van der Waals surface area contributed by atoms with Crippen LogP contribution in [0.15, 0.2) is 46.9 Å². The van der Waals surface area contributed by atoms with Crippen molar-refractivity contribution in [2.75, 3.05) is 22.4 Å². The molecule has 0 aromatic heterocycles. The lowest BCUT2D eigenvalue weighted by Gasteiger charge is -2.33. The molecule has 2 aromatic carbocycles. The van der Waals surface area contributed by atoms with Gasteiger partial charge in [-0.15, -0.1) is 0 Å². The van der Waals surface area contributed by atoms with Crippen LogP contribution in [0.4, 0.5) is 11.4 Å². The third kappa shape index (κ3) is 3.91. The predicted octanol–water partition coefficient (Wildman–Crippen LogP) is 3.27. The van der Waals surface area contributed by atoms with Gasteiger partial charge in [0.25, 0.3) is 5.91 Å². The summed E-state index contributed by atoms with van der Waals surface area (Å²) in [7, 11) is -3.54. The minimum absolute atomic E-state index is 0.105. The van der Waals surface area contributed by atoms with Gasteiger partial charge in [-0.05, 0) is 46.3 Å². The van der Waals surface area contributed by atoms with Crippen molar-refractivity contribution in [2.24, 2.45) is 0 Å². The molecule has 2 aromatic rings. The first-order valence-corrected chi connectivity index (χ1v) is 10.3. The van der Waals surface area contributed by atoms with E-state index in [9.17, 15) is 13.2 Å². The fourth-order valence-corrected chi connectivity index (χ4v) is 3.79. The van der Waals surface area contributed by atoms with Crippen LogP contribution in [0, 0.1) is 0 Å². The Morgan fingerprint density at radius 2 is 2.04 bits per heavy atom. The zero-order chi connectivity index (χ0) is 18.2. The van der Waals surface area contributed by atoms with Crippen molar-refractivity contribution in [1.82, 2.24) is 0 Å². The van der Waals surface area contributed by atoms with Crippen LogP contribution in [0.3, 0.4) is 0 Å². The van der Waals surface area contributed by atoms with Gasteiger partial charge in [-0.25, -0.2) is 8.42 Å². The number of halogens is 2. The zero-order valence-corrected chi connectivity index (χ0v) is 16.2. The largest absolute Gasteiger partial charge is 0.476 e. The van der Waals surface area contributed by atoms with Gasteiger partial charge in [0, 0.05) is 10.2 Å². The van der Waals surface area contributed by atoms with E-state index in [0.717, 1.165) is 6.26 Å². The Hall–Kier alpha value is -1.77. The van der Waals surface area contributed by atoms with Crippen molar-refractivity contribution >= 4 is 54.8 Å². The van der Waals surface area contributed by atoms with Gasteiger partial charge in [0.2, 0.25) is 10.0 Å². The lowest BCUT2D eigenvalue weighted by atomic mass is 10.2. The maximum atomic E-state index is 12.5. The molecule has 0 fully saturated rings. The van der Waals surface area contributed by atoms with Crippen molar-refractivity contribution in [3.63, 3.8) is 0 Å². The maximum Gasteiger partial charge on any atom is 0.267 e. The molecule has 1 heterocycles. The number of amides is 1. The Morgan fingerprint density at radius 1 is 1.32 bits per heavy atom. The highest BCUT2D eigenvalue weighted by atomic mass is 79.9. The summed E-state index contributed by atoms with van der Waals surface area (Å²) in [4.78, 5) is 12.5. The minimum Gasteiger partial charge on any atom is -0.476 e. The van der Waals surface area contributed by atoms with Crippen LogP contribution < -0.4 is 14.4 Å². The Kier molecular flexibility index (Phi) is 4.95. The van der Waals surface area contributed by atoms with E-state index in [1.165, 1.54) is 4.31 Å². The van der Waals surface area contributed by atoms with Crippen molar-refractivity contribution in [1.29, 1.82) is 0 Å². The number of sulfonamides is 1. The second kappa shape index (κ2) is 6.86. The fraction of sp³-hybridized carbons (Fsp3) is 0.188. The number of fused-ring (bicyclic) bond motifs is 1. The van der Waals surface area contributed by atoms with E-state index in [1.54, 1.807) is 42.5 Å². The highest BCUT2D eigenvalue weighted by Crippen LogP contribution is 2.35. The molecule has 1 aliphatic heterocycles. The first-order valence-electron chi connectivity index (χ1n) is 7.25. The molecule has 0 spiro atoms. The van der Waals surface area contributed by atoms with Gasteiger partial charge in [-0.3, -0.25) is 9.10 Å². The summed E-state index contributed by atoms with van der Waals surface area (Å²) in [6.07, 6.45) is 0.116. The van der Waals surface area contributed by atoms with Gasteiger partial charge in [-0.1, -0.05) is 23.7 Å². The molecule has 0 aliphatic carbocycles. The molecule has 6 nitrogen and oxygen atoms in total. The third-order valence-corrected chi connectivity index (χ3v) is 5.99. The summed E-state index contributed by atoms with van der Waals surface area (Å²) >= 11 is 9.29. The van der Waals surface area contributed by atoms with E-state index in [1.807, 2.05) is 0 Å². The molecule has 0 saturated carbocycles. The normalized spacial score (nSPS) is 16.8. The van der Waals surface area contributed by atoms with Crippen molar-refractivity contribution < 1.29 is 17.9 Å². The highest BCUT2D eigenvalue weighted by molar-refractivity contribution is 9.10. The highest BCUT2D eigenvalue weighted by Gasteiger charge is 2.34. The molecule has 1 aliphatic rings. The standard InChI is InChI=1S/C16H14BrClN2O4S/c1-25(22,23)20-9-15(24-14-5-3-2-4-13(14)20)16(21)19-10-6-7-11(17)12(18)8-10/h2-8,15H,9H2,1H3,(H,19,21)/t15-/m0/s1. The number of anilines is 2. The van der Waals surface area contributed by atoms with E-state index in [0.29, 0.717) is 26.6 Å². The van der Waals surface area contributed by atoms with E-state index < -0.39 is 22.0 Å². The summed E-state index contributed by atoms with van der Waals surface area (Å²) in [5.74, 6) is -0.116. The number of hydrogen-bond donors (Lipinski definition) is 1. The van der Waals surface area contributed by atoms with Gasteiger partial charge >= 0.3 is 0 Å². The summed E-state index contributed by atoms with van der Waals surface area (Å²) < 4.78 is 31.7. The molecule has 0 bridgehead atoms. The molecule has 1 atom stereocenters. The molecule has 25 heavy (non-hydrogen) atoms. The minimum atomic E-state index is -3.54. The zero-order valence-electron chi connectivity index (χ0n) is 13.1. The Balaban J connectivity index is 1.85. The van der Waals surface area contributed by atoms with Gasteiger partial charge in [0.15, 0.2) is 6.10 Å². The van der Waals surface area contributed by atoms with E-state index in [-0.39, 0.29) is 6.54 Å². The smallest absolute Gasteiger partial charge is 0.267 e. The molecule has 0 unspecified atom stereocenters. The van der Waals surface area contributed by atoms with Gasteiger partial charge < -0.3 is 10.1 Å². The molecule has 9 heteroatoms. The van der Waals surface area contributed by atoms with Crippen molar-refractivity contribution in [3.05, 3.63) is 52.0 Å². The van der Waals surface area contributed by atoms with Crippen molar-refractivity contribution in [3.8, 4) is 5.75 Å². The average Bonchev–Trinajstić information content (AvgIpc) is 2.56. The molecular weight excluding hydrogens is 432 g/mol. The monoisotopic (exact) mass is 444 g/mol. The number of ether oxygens (including phenoxy) is 1. The number of carbonyl (C=O) groups is 1. The van der Waals surface area contributed by atoms with Crippen LogP contribution in [0.1, 0.15) is 0 Å². The summed E-state index contributed by atoms with van der Waals surface area (Å²) in [6.45, 7) is -0.105. The molecular formula is C16H14BrClN2O4S. The number of benzene rings is 2. The fourth-order valence-electron chi connectivity index (χ4n) is 2.45. The Bertz CT molecular complexity index is 935. The number of carbonyl (C=O) groups excluding carboxylic acids is 1. The van der Waals surface area contributed by atoms with Gasteiger partial charge in [0.05, 0.1) is 23.5 Å². The first kappa shape index (κ1) is 18.0. The number of rotatable bonds is 3. The number of para-hydroxylation sites is 2. The van der Waals surface area contributed by atoms with Crippen LogP contribution in [-0.2, 0) is 14.8 Å². The van der Waals surface area contributed by atoms with Gasteiger partial charge in [0.1, 0.15) is 5.75 Å². The second-order valence-electron chi connectivity index (χ2n) is 5.49. The summed E-state index contributed by atoms with van der Waals surface area (Å²) in [5.41, 5.74) is 0.910. The van der Waals surface area contributed by atoms with Crippen LogP contribution in [0.5, 0.6) is 5.75 Å². The topological polar surface area (TPSA) is 75.7 Å². The lowest BCUT2D eigenvalue weighted by molar-refractivity contribution is -0.122. The molecule has 132 valence electrons. The van der Waals surface area contributed by atoms with Crippen LogP contribution in [0.2, 0.25) is 5.02 Å². The number of nitrogens with one attached hydrogen (secondary N) is 1. The quantitative estimate of drug-likeness (QED) is 0.787. The van der Waals surface area contributed by atoms with Gasteiger partial charge in [-0.2, -0.15) is 0 Å². The second-order valence-corrected chi connectivity index (χ2v) is 8.65. The molecule has 3 rings (SSSR count). The first-order chi connectivity index (χ1) is 11.8. The molecule has 0 radical (unpaired) electrons. The van der Waals surface area contributed by atoms with Crippen LogP contribution in [0.25, 0.3) is 0 Å². The maximum absolute atomic E-state index is 12.5.